The fourth-order valence-electron chi connectivity index (χ4n) is 3.55. The van der Waals surface area contributed by atoms with Crippen molar-refractivity contribution in [2.24, 2.45) is 0 Å². The van der Waals surface area contributed by atoms with E-state index in [9.17, 15) is 19.5 Å². The summed E-state index contributed by atoms with van der Waals surface area (Å²) in [6.45, 7) is 4.34. The number of carboxylic acids is 1. The number of hydrogen-bond acceptors (Lipinski definition) is 3. The molecule has 166 valence electrons. The van der Waals surface area contributed by atoms with E-state index in [0.717, 1.165) is 30.4 Å². The predicted octanol–water partition coefficient (Wildman–Crippen LogP) is 5.32. The molecule has 0 radical (unpaired) electrons. The molecule has 0 aliphatic carbocycles. The summed E-state index contributed by atoms with van der Waals surface area (Å²) in [5, 5.41) is 9.44. The highest BCUT2D eigenvalue weighted by Gasteiger charge is 2.15. The van der Waals surface area contributed by atoms with E-state index in [-0.39, 0.29) is 17.2 Å². The van der Waals surface area contributed by atoms with E-state index < -0.39 is 5.97 Å². The number of unbranched alkanes of at least 4 members (excludes halogenated alkanes) is 1. The third-order valence-corrected chi connectivity index (χ3v) is 5.31. The van der Waals surface area contributed by atoms with E-state index in [4.69, 9.17) is 0 Å². The molecule has 0 amide bonds. The second-order valence-corrected chi connectivity index (χ2v) is 7.65. The van der Waals surface area contributed by atoms with Gasteiger partial charge in [-0.25, -0.2) is 14.2 Å². The van der Waals surface area contributed by atoms with Gasteiger partial charge in [0.05, 0.1) is 17.8 Å². The Morgan fingerprint density at radius 2 is 1.75 bits per heavy atom. The van der Waals surface area contributed by atoms with Crippen LogP contribution in [-0.4, -0.2) is 26.1 Å². The molecule has 3 aromatic rings. The molecule has 2 aromatic carbocycles. The molecule has 1 heterocycles. The minimum absolute atomic E-state index is 0.192. The summed E-state index contributed by atoms with van der Waals surface area (Å²) in [6, 6.07) is 14.3. The number of rotatable bonds is 9. The molecule has 6 heteroatoms. The zero-order chi connectivity index (χ0) is 23.1. The second-order valence-electron chi connectivity index (χ2n) is 7.65. The molecule has 0 aliphatic rings. The summed E-state index contributed by atoms with van der Waals surface area (Å²) in [4.78, 5) is 37.0. The molecular weight excluding hydrogens is 404 g/mol. The summed E-state index contributed by atoms with van der Waals surface area (Å²) < 4.78 is 2.80. The van der Waals surface area contributed by atoms with Gasteiger partial charge in [0.15, 0.2) is 0 Å². The van der Waals surface area contributed by atoms with E-state index in [1.807, 2.05) is 50.3 Å². The quantitative estimate of drug-likeness (QED) is 0.496. The maximum absolute atomic E-state index is 13.0. The number of carbonyl (C=O) groups is 2. The molecule has 1 N–H and O–H groups in total. The van der Waals surface area contributed by atoms with E-state index in [2.05, 4.69) is 0 Å². The van der Waals surface area contributed by atoms with Gasteiger partial charge in [0.25, 0.3) is 0 Å². The van der Waals surface area contributed by atoms with Crippen LogP contribution in [0.5, 0.6) is 0 Å². The Hall–Kier alpha value is -3.67. The Morgan fingerprint density at radius 3 is 2.41 bits per heavy atom. The smallest absolute Gasteiger partial charge is 0.336 e. The number of benzene rings is 2. The van der Waals surface area contributed by atoms with Crippen LogP contribution in [-0.2, 0) is 6.54 Å². The largest absolute Gasteiger partial charge is 0.478 e. The van der Waals surface area contributed by atoms with Crippen LogP contribution >= 0.6 is 0 Å². The molecule has 0 atom stereocenters. The first-order chi connectivity index (χ1) is 15.5. The van der Waals surface area contributed by atoms with Crippen molar-refractivity contribution in [1.82, 2.24) is 9.13 Å². The van der Waals surface area contributed by atoms with Crippen molar-refractivity contribution >= 4 is 18.0 Å². The summed E-state index contributed by atoms with van der Waals surface area (Å²) in [7, 11) is 0. The zero-order valence-electron chi connectivity index (χ0n) is 18.5. The van der Waals surface area contributed by atoms with Crippen molar-refractivity contribution in [2.45, 2.75) is 46.1 Å². The van der Waals surface area contributed by atoms with Crippen molar-refractivity contribution in [3.63, 3.8) is 0 Å². The van der Waals surface area contributed by atoms with Gasteiger partial charge in [-0.05, 0) is 41.7 Å². The van der Waals surface area contributed by atoms with Gasteiger partial charge in [-0.15, -0.1) is 0 Å². The second kappa shape index (κ2) is 10.6. The Morgan fingerprint density at radius 1 is 1.03 bits per heavy atom. The van der Waals surface area contributed by atoms with Crippen molar-refractivity contribution in [3.8, 4) is 11.1 Å². The fraction of sp³-hybridized carbons (Fsp3) is 0.269. The Kier molecular flexibility index (Phi) is 7.60. The number of aromatic nitrogens is 2. The normalized spacial score (nSPS) is 11.2. The lowest BCUT2D eigenvalue weighted by Gasteiger charge is -2.09. The van der Waals surface area contributed by atoms with Gasteiger partial charge in [0.2, 0.25) is 5.91 Å². The summed E-state index contributed by atoms with van der Waals surface area (Å²) in [6.07, 6.45) is 8.23. The summed E-state index contributed by atoms with van der Waals surface area (Å²) in [5.41, 5.74) is 2.89. The van der Waals surface area contributed by atoms with Gasteiger partial charge in [-0.1, -0.05) is 68.8 Å². The van der Waals surface area contributed by atoms with Crippen LogP contribution in [0.2, 0.25) is 0 Å². The first kappa shape index (κ1) is 23.0. The minimum Gasteiger partial charge on any atom is -0.478 e. The molecule has 0 saturated heterocycles. The molecule has 1 aromatic heterocycles. The van der Waals surface area contributed by atoms with Crippen LogP contribution in [0.3, 0.4) is 0 Å². The van der Waals surface area contributed by atoms with Crippen LogP contribution < -0.4 is 5.69 Å². The monoisotopic (exact) mass is 432 g/mol. The molecule has 6 nitrogen and oxygen atoms in total. The van der Waals surface area contributed by atoms with E-state index in [1.54, 1.807) is 35.0 Å². The van der Waals surface area contributed by atoms with Crippen LogP contribution in [0.15, 0.2) is 65.6 Å². The van der Waals surface area contributed by atoms with Crippen LogP contribution in [0, 0.1) is 0 Å². The van der Waals surface area contributed by atoms with Gasteiger partial charge in [-0.2, -0.15) is 0 Å². The fourth-order valence-corrected chi connectivity index (χ4v) is 3.55. The standard InChI is InChI=1S/C26H28N2O4/c1-3-5-9-21-18-28(24(29)12-6-4-2)26(32)27(21)17-19-13-15-20(16-14-19)22-10-7-8-11-23(22)25(30)31/h5,7-11,13-16,18H,3-4,6,12,17H2,1-2H3,(H,30,31)/b9-5+. The third-order valence-electron chi connectivity index (χ3n) is 5.31. The molecular formula is C26H28N2O4. The molecule has 32 heavy (non-hydrogen) atoms. The summed E-state index contributed by atoms with van der Waals surface area (Å²) >= 11 is 0. The lowest BCUT2D eigenvalue weighted by atomic mass is 9.99. The van der Waals surface area contributed by atoms with Crippen molar-refractivity contribution in [3.05, 3.63) is 88.1 Å². The van der Waals surface area contributed by atoms with E-state index >= 15 is 0 Å². The van der Waals surface area contributed by atoms with Crippen molar-refractivity contribution in [2.75, 3.05) is 0 Å². The number of hydrogen-bond donors (Lipinski definition) is 1. The van der Waals surface area contributed by atoms with Crippen LogP contribution in [0.4, 0.5) is 0 Å². The Bertz CT molecular complexity index is 1180. The summed E-state index contributed by atoms with van der Waals surface area (Å²) in [5.74, 6) is -1.17. The van der Waals surface area contributed by atoms with Gasteiger partial charge >= 0.3 is 11.7 Å². The molecule has 0 bridgehead atoms. The molecule has 3 rings (SSSR count). The lowest BCUT2D eigenvalue weighted by molar-refractivity contribution is 0.0697. The van der Waals surface area contributed by atoms with Gasteiger partial charge in [0.1, 0.15) is 0 Å². The predicted molar refractivity (Wildman–Crippen MR) is 126 cm³/mol. The average molecular weight is 433 g/mol. The van der Waals surface area contributed by atoms with Crippen LogP contribution in [0.25, 0.3) is 17.2 Å². The highest BCUT2D eigenvalue weighted by molar-refractivity contribution is 5.96. The topological polar surface area (TPSA) is 81.3 Å². The SMILES string of the molecule is CC/C=C/c1cn(C(=O)CCCC)c(=O)n1Cc1ccc(-c2ccccc2C(=O)O)cc1. The Labute approximate surface area is 187 Å². The number of aromatic carboxylic acids is 1. The van der Waals surface area contributed by atoms with Gasteiger partial charge < -0.3 is 5.11 Å². The van der Waals surface area contributed by atoms with Crippen molar-refractivity contribution in [1.29, 1.82) is 0 Å². The molecule has 0 saturated carbocycles. The maximum atomic E-state index is 13.0. The van der Waals surface area contributed by atoms with E-state index in [0.29, 0.717) is 24.2 Å². The Balaban J connectivity index is 1.92. The highest BCUT2D eigenvalue weighted by Crippen LogP contribution is 2.24. The van der Waals surface area contributed by atoms with Gasteiger partial charge in [-0.3, -0.25) is 9.36 Å². The van der Waals surface area contributed by atoms with Crippen molar-refractivity contribution < 1.29 is 14.7 Å². The third kappa shape index (κ3) is 5.14. The number of carboxylic acid groups (broad SMARTS) is 1. The highest BCUT2D eigenvalue weighted by atomic mass is 16.4. The molecule has 0 unspecified atom stereocenters. The minimum atomic E-state index is -0.974. The number of nitrogens with zero attached hydrogens (tertiary/aromatic N) is 2. The van der Waals surface area contributed by atoms with Crippen LogP contribution in [0.1, 0.15) is 65.9 Å². The lowest BCUT2D eigenvalue weighted by Crippen LogP contribution is -2.29. The zero-order valence-corrected chi connectivity index (χ0v) is 18.5. The first-order valence-corrected chi connectivity index (χ1v) is 10.9. The average Bonchev–Trinajstić information content (AvgIpc) is 3.11. The molecule has 0 fully saturated rings. The first-order valence-electron chi connectivity index (χ1n) is 10.9. The number of imidazole rings is 1. The molecule has 0 aliphatic heterocycles. The molecule has 0 spiro atoms. The number of allylic oxidation sites excluding steroid dienone is 1. The van der Waals surface area contributed by atoms with E-state index in [1.165, 1.54) is 4.57 Å². The number of carbonyl (C=O) groups excluding carboxylic acids is 1. The van der Waals surface area contributed by atoms with Gasteiger partial charge in [0, 0.05) is 12.6 Å². The maximum Gasteiger partial charge on any atom is 0.336 e.